The lowest BCUT2D eigenvalue weighted by Crippen LogP contribution is -2.46. The molecule has 0 unspecified atom stereocenters. The lowest BCUT2D eigenvalue weighted by atomic mass is 9.96. The monoisotopic (exact) mass is 472 g/mol. The topological polar surface area (TPSA) is 84.9 Å². The van der Waals surface area contributed by atoms with Gasteiger partial charge in [-0.2, -0.15) is 0 Å². The van der Waals surface area contributed by atoms with Gasteiger partial charge in [0.05, 0.1) is 12.0 Å². The molecule has 0 radical (unpaired) electrons. The number of carbonyl (C=O) groups is 3. The van der Waals surface area contributed by atoms with Crippen LogP contribution in [0.5, 0.6) is 0 Å². The summed E-state index contributed by atoms with van der Waals surface area (Å²) in [5, 5.41) is 2.69. The first kappa shape index (κ1) is 24.0. The number of cyclic esters (lactones) is 1. The second kappa shape index (κ2) is 11.3. The zero-order chi connectivity index (χ0) is 24.6. The Balaban J connectivity index is 1.45. The van der Waals surface area contributed by atoms with E-state index in [1.165, 1.54) is 4.90 Å². The van der Waals surface area contributed by atoms with Crippen LogP contribution in [0.25, 0.3) is 0 Å². The van der Waals surface area contributed by atoms with Crippen LogP contribution < -0.4 is 5.32 Å². The first-order valence-electron chi connectivity index (χ1n) is 11.6. The summed E-state index contributed by atoms with van der Waals surface area (Å²) in [4.78, 5) is 39.8. The fourth-order valence-electron chi connectivity index (χ4n) is 4.17. The number of hydrogen-bond donors (Lipinski definition) is 1. The average Bonchev–Trinajstić information content (AvgIpc) is 3.20. The van der Waals surface area contributed by atoms with Crippen molar-refractivity contribution in [3.63, 3.8) is 0 Å². The molecule has 1 N–H and O–H groups in total. The molecule has 7 nitrogen and oxygen atoms in total. The highest BCUT2D eigenvalue weighted by atomic mass is 16.6. The van der Waals surface area contributed by atoms with Crippen molar-refractivity contribution < 1.29 is 23.9 Å². The highest BCUT2D eigenvalue weighted by molar-refractivity contribution is 5.95. The maximum absolute atomic E-state index is 13.6. The van der Waals surface area contributed by atoms with Gasteiger partial charge in [-0.05, 0) is 30.0 Å². The third-order valence-electron chi connectivity index (χ3n) is 6.02. The summed E-state index contributed by atoms with van der Waals surface area (Å²) in [6, 6.07) is 27.7. The lowest BCUT2D eigenvalue weighted by Gasteiger charge is -2.25. The first-order chi connectivity index (χ1) is 17.0. The molecule has 35 heavy (non-hydrogen) atoms. The van der Waals surface area contributed by atoms with Gasteiger partial charge < -0.3 is 14.8 Å². The van der Waals surface area contributed by atoms with Crippen molar-refractivity contribution in [2.24, 2.45) is 5.92 Å². The molecule has 0 spiro atoms. The Morgan fingerprint density at radius 3 is 2.11 bits per heavy atom. The molecule has 0 aliphatic carbocycles. The summed E-state index contributed by atoms with van der Waals surface area (Å²) in [6.07, 6.45) is -1.50. The van der Waals surface area contributed by atoms with Gasteiger partial charge in [0.15, 0.2) is 0 Å². The standard InChI is InChI=1S/C28H28N2O5/c1-20-25(23-15-9-4-10-16-23)35-28(33)30(20)26(31)24(17-21-11-5-2-6-12-21)18-29-27(32)34-19-22-13-7-3-8-14-22/h2-16,20,24-25H,17-19H2,1H3,(H,29,32)/t20-,24+,25-/m0/s1. The molecule has 180 valence electrons. The third-order valence-corrected chi connectivity index (χ3v) is 6.02. The maximum Gasteiger partial charge on any atom is 0.417 e. The van der Waals surface area contributed by atoms with Crippen molar-refractivity contribution in [1.29, 1.82) is 0 Å². The fraction of sp³-hybridized carbons (Fsp3) is 0.250. The number of imide groups is 1. The molecule has 0 saturated carbocycles. The number of carbonyl (C=O) groups excluding carboxylic acids is 3. The van der Waals surface area contributed by atoms with E-state index in [0.29, 0.717) is 6.42 Å². The van der Waals surface area contributed by atoms with Gasteiger partial charge in [0, 0.05) is 6.54 Å². The fourth-order valence-corrected chi connectivity index (χ4v) is 4.17. The van der Waals surface area contributed by atoms with E-state index in [9.17, 15) is 14.4 Å². The zero-order valence-electron chi connectivity index (χ0n) is 19.5. The van der Waals surface area contributed by atoms with E-state index in [1.54, 1.807) is 6.92 Å². The van der Waals surface area contributed by atoms with Crippen LogP contribution in [0, 0.1) is 5.92 Å². The SMILES string of the molecule is C[C@H]1[C@@H](c2ccccc2)OC(=O)N1C(=O)[C@@H](CNC(=O)OCc1ccccc1)Cc1ccccc1. The highest BCUT2D eigenvalue weighted by Crippen LogP contribution is 2.33. The van der Waals surface area contributed by atoms with Crippen LogP contribution in [0.3, 0.4) is 0 Å². The summed E-state index contributed by atoms with van der Waals surface area (Å²) in [7, 11) is 0. The van der Waals surface area contributed by atoms with Gasteiger partial charge in [-0.15, -0.1) is 0 Å². The minimum atomic E-state index is -0.680. The highest BCUT2D eigenvalue weighted by Gasteiger charge is 2.45. The molecule has 4 rings (SSSR count). The molecule has 1 saturated heterocycles. The number of benzene rings is 3. The largest absolute Gasteiger partial charge is 0.445 e. The van der Waals surface area contributed by atoms with Gasteiger partial charge >= 0.3 is 12.2 Å². The van der Waals surface area contributed by atoms with E-state index < -0.39 is 36.2 Å². The third kappa shape index (κ3) is 6.06. The molecule has 0 aromatic heterocycles. The summed E-state index contributed by atoms with van der Waals surface area (Å²) in [5.41, 5.74) is 2.61. The number of nitrogens with zero attached hydrogens (tertiary/aromatic N) is 1. The van der Waals surface area contributed by atoms with Crippen molar-refractivity contribution in [1.82, 2.24) is 10.2 Å². The quantitative estimate of drug-likeness (QED) is 0.505. The smallest absolute Gasteiger partial charge is 0.417 e. The van der Waals surface area contributed by atoms with Gasteiger partial charge in [0.1, 0.15) is 12.7 Å². The van der Waals surface area contributed by atoms with Gasteiger partial charge in [-0.25, -0.2) is 14.5 Å². The predicted octanol–water partition coefficient (Wildman–Crippen LogP) is 4.88. The van der Waals surface area contributed by atoms with Gasteiger partial charge in [0.25, 0.3) is 0 Å². The Kier molecular flexibility index (Phi) is 7.77. The molecular weight excluding hydrogens is 444 g/mol. The Bertz CT molecular complexity index is 1140. The van der Waals surface area contributed by atoms with Crippen molar-refractivity contribution in [3.05, 3.63) is 108 Å². The lowest BCUT2D eigenvalue weighted by molar-refractivity contribution is -0.133. The van der Waals surface area contributed by atoms with Crippen molar-refractivity contribution in [2.75, 3.05) is 6.54 Å². The van der Waals surface area contributed by atoms with Crippen LogP contribution in [0.1, 0.15) is 29.7 Å². The zero-order valence-corrected chi connectivity index (χ0v) is 19.5. The van der Waals surface area contributed by atoms with Crippen LogP contribution >= 0.6 is 0 Å². The first-order valence-corrected chi connectivity index (χ1v) is 11.6. The number of amides is 3. The summed E-state index contributed by atoms with van der Waals surface area (Å²) < 4.78 is 10.8. The maximum atomic E-state index is 13.6. The van der Waals surface area contributed by atoms with Crippen LogP contribution in [0.2, 0.25) is 0 Å². The van der Waals surface area contributed by atoms with Crippen molar-refractivity contribution >= 4 is 18.1 Å². The number of nitrogens with one attached hydrogen (secondary N) is 1. The molecule has 7 heteroatoms. The molecule has 1 aliphatic heterocycles. The van der Waals surface area contributed by atoms with Crippen molar-refractivity contribution in [2.45, 2.75) is 32.1 Å². The summed E-state index contributed by atoms with van der Waals surface area (Å²) in [6.45, 7) is 1.94. The second-order valence-electron chi connectivity index (χ2n) is 8.49. The average molecular weight is 473 g/mol. The van der Waals surface area contributed by atoms with E-state index in [0.717, 1.165) is 16.7 Å². The molecule has 3 amide bonds. The molecule has 1 heterocycles. The van der Waals surface area contributed by atoms with Crippen molar-refractivity contribution in [3.8, 4) is 0 Å². The molecule has 1 aliphatic rings. The molecular formula is C28H28N2O5. The van der Waals surface area contributed by atoms with E-state index in [-0.39, 0.29) is 13.2 Å². The van der Waals surface area contributed by atoms with Gasteiger partial charge in [0.2, 0.25) is 5.91 Å². The predicted molar refractivity (Wildman–Crippen MR) is 130 cm³/mol. The van der Waals surface area contributed by atoms with Gasteiger partial charge in [-0.3, -0.25) is 4.79 Å². The Morgan fingerprint density at radius 1 is 0.914 bits per heavy atom. The minimum absolute atomic E-state index is 0.0217. The Morgan fingerprint density at radius 2 is 1.49 bits per heavy atom. The summed E-state index contributed by atoms with van der Waals surface area (Å²) in [5.74, 6) is -1.07. The van der Waals surface area contributed by atoms with E-state index >= 15 is 0 Å². The van der Waals surface area contributed by atoms with Crippen LogP contribution in [-0.2, 0) is 27.3 Å². The Labute approximate surface area is 204 Å². The van der Waals surface area contributed by atoms with Crippen LogP contribution in [0.15, 0.2) is 91.0 Å². The summed E-state index contributed by atoms with van der Waals surface area (Å²) >= 11 is 0. The molecule has 3 atom stereocenters. The van der Waals surface area contributed by atoms with E-state index in [2.05, 4.69) is 5.32 Å². The number of hydrogen-bond acceptors (Lipinski definition) is 5. The molecule has 3 aromatic carbocycles. The van der Waals surface area contributed by atoms with Gasteiger partial charge in [-0.1, -0.05) is 91.0 Å². The minimum Gasteiger partial charge on any atom is -0.445 e. The van der Waals surface area contributed by atoms with E-state index in [4.69, 9.17) is 9.47 Å². The number of rotatable bonds is 8. The molecule has 1 fully saturated rings. The van der Waals surface area contributed by atoms with E-state index in [1.807, 2.05) is 91.0 Å². The second-order valence-corrected chi connectivity index (χ2v) is 8.49. The molecule has 0 bridgehead atoms. The van der Waals surface area contributed by atoms with Crippen LogP contribution in [-0.4, -0.2) is 35.6 Å². The Hall–Kier alpha value is -4.13. The normalized spacial score (nSPS) is 18.0. The number of ether oxygens (including phenoxy) is 2. The molecule has 3 aromatic rings. The number of alkyl carbamates (subject to hydrolysis) is 1. The van der Waals surface area contributed by atoms with Crippen LogP contribution in [0.4, 0.5) is 9.59 Å².